The molecule has 0 aromatic carbocycles. The van der Waals surface area contributed by atoms with Crippen molar-refractivity contribution in [1.82, 2.24) is 20.1 Å². The van der Waals surface area contributed by atoms with E-state index >= 15 is 0 Å². The summed E-state index contributed by atoms with van der Waals surface area (Å²) in [4.78, 5) is 16.7. The smallest absolute Gasteiger partial charge is 0.255 e. The van der Waals surface area contributed by atoms with Gasteiger partial charge in [-0.15, -0.1) is 11.3 Å². The Kier molecular flexibility index (Phi) is 4.03. The number of hydrogen-bond acceptors (Lipinski definition) is 5. The van der Waals surface area contributed by atoms with Crippen LogP contribution < -0.4 is 5.32 Å². The normalized spacial score (nSPS) is 18.1. The second-order valence-electron chi connectivity index (χ2n) is 5.20. The van der Waals surface area contributed by atoms with E-state index in [4.69, 9.17) is 4.74 Å². The Hall–Kier alpha value is -1.73. The molecule has 2 aromatic heterocycles. The third-order valence-electron chi connectivity index (χ3n) is 3.52. The highest BCUT2D eigenvalue weighted by molar-refractivity contribution is 7.09. The molecule has 1 atom stereocenters. The van der Waals surface area contributed by atoms with E-state index in [0.717, 1.165) is 29.4 Å². The van der Waals surface area contributed by atoms with Crippen molar-refractivity contribution in [2.24, 2.45) is 7.05 Å². The third-order valence-corrected chi connectivity index (χ3v) is 4.34. The van der Waals surface area contributed by atoms with E-state index in [-0.39, 0.29) is 11.8 Å². The number of aryl methyl sites for hydroxylation is 2. The number of ether oxygens (including phenoxy) is 1. The number of carbonyl (C=O) groups is 1. The highest BCUT2D eigenvalue weighted by Crippen LogP contribution is 2.26. The highest BCUT2D eigenvalue weighted by atomic mass is 32.1. The fourth-order valence-electron chi connectivity index (χ4n) is 2.49. The van der Waals surface area contributed by atoms with Crippen molar-refractivity contribution in [1.29, 1.82) is 0 Å². The van der Waals surface area contributed by atoms with Crippen LogP contribution in [0.4, 0.5) is 0 Å². The molecule has 3 heterocycles. The van der Waals surface area contributed by atoms with Gasteiger partial charge in [-0.05, 0) is 13.3 Å². The molecule has 1 unspecified atom stereocenters. The minimum atomic E-state index is -0.101. The topological polar surface area (TPSA) is 69.0 Å². The predicted molar refractivity (Wildman–Crippen MR) is 79.4 cm³/mol. The molecule has 1 N–H and O–H groups in total. The summed E-state index contributed by atoms with van der Waals surface area (Å²) in [5.41, 5.74) is 2.36. The summed E-state index contributed by atoms with van der Waals surface area (Å²) in [5, 5.41) is 10.3. The summed E-state index contributed by atoms with van der Waals surface area (Å²) in [7, 11) is 1.83. The van der Waals surface area contributed by atoms with Gasteiger partial charge in [-0.3, -0.25) is 9.48 Å². The van der Waals surface area contributed by atoms with Gasteiger partial charge in [0.15, 0.2) is 0 Å². The minimum Gasteiger partial charge on any atom is -0.381 e. The van der Waals surface area contributed by atoms with Crippen LogP contribution in [-0.2, 0) is 18.3 Å². The molecule has 21 heavy (non-hydrogen) atoms. The van der Waals surface area contributed by atoms with Gasteiger partial charge >= 0.3 is 0 Å². The van der Waals surface area contributed by atoms with Crippen LogP contribution in [0.25, 0.3) is 0 Å². The fraction of sp³-hybridized carbons (Fsp3) is 0.500. The zero-order valence-corrected chi connectivity index (χ0v) is 12.9. The average molecular weight is 306 g/mol. The van der Waals surface area contributed by atoms with Crippen molar-refractivity contribution in [2.45, 2.75) is 25.8 Å². The number of hydrogen-bond donors (Lipinski definition) is 1. The number of nitrogens with zero attached hydrogens (tertiary/aromatic N) is 3. The first-order chi connectivity index (χ1) is 10.1. The molecule has 1 aliphatic heterocycles. The van der Waals surface area contributed by atoms with Crippen LogP contribution in [0.2, 0.25) is 0 Å². The lowest BCUT2D eigenvalue weighted by Gasteiger charge is -2.07. The summed E-state index contributed by atoms with van der Waals surface area (Å²) < 4.78 is 7.09. The molecule has 1 amide bonds. The van der Waals surface area contributed by atoms with Gasteiger partial charge in [-0.1, -0.05) is 0 Å². The maximum Gasteiger partial charge on any atom is 0.255 e. The Morgan fingerprint density at radius 1 is 1.62 bits per heavy atom. The molecule has 0 saturated carbocycles. The molecule has 2 aromatic rings. The molecule has 0 radical (unpaired) electrons. The van der Waals surface area contributed by atoms with Crippen molar-refractivity contribution < 1.29 is 9.53 Å². The van der Waals surface area contributed by atoms with E-state index in [1.807, 2.05) is 19.4 Å². The van der Waals surface area contributed by atoms with Gasteiger partial charge in [0.05, 0.1) is 35.1 Å². The molecule has 7 heteroatoms. The standard InChI is InChI=1S/C14H18N4O2S/c1-9-16-11(8-21-9)5-15-14(19)12-6-18(2)17-13(12)10-3-4-20-7-10/h6,8,10H,3-5,7H2,1-2H3,(H,15,19). The fourth-order valence-corrected chi connectivity index (χ4v) is 3.10. The number of aromatic nitrogens is 3. The summed E-state index contributed by atoms with van der Waals surface area (Å²) in [6.45, 7) is 3.77. The summed E-state index contributed by atoms with van der Waals surface area (Å²) >= 11 is 1.58. The lowest BCUT2D eigenvalue weighted by molar-refractivity contribution is 0.0949. The van der Waals surface area contributed by atoms with Crippen LogP contribution in [0.5, 0.6) is 0 Å². The summed E-state index contributed by atoms with van der Waals surface area (Å²) in [5.74, 6) is 0.115. The zero-order valence-electron chi connectivity index (χ0n) is 12.1. The number of rotatable bonds is 4. The van der Waals surface area contributed by atoms with Crippen molar-refractivity contribution in [3.05, 3.63) is 33.5 Å². The molecule has 1 fully saturated rings. The van der Waals surface area contributed by atoms with Gasteiger partial charge in [0, 0.05) is 31.1 Å². The Morgan fingerprint density at radius 2 is 2.48 bits per heavy atom. The Morgan fingerprint density at radius 3 is 3.14 bits per heavy atom. The first-order valence-electron chi connectivity index (χ1n) is 6.94. The monoisotopic (exact) mass is 306 g/mol. The number of carbonyl (C=O) groups excluding carboxylic acids is 1. The van der Waals surface area contributed by atoms with Crippen LogP contribution in [0.3, 0.4) is 0 Å². The van der Waals surface area contributed by atoms with Gasteiger partial charge in [0.25, 0.3) is 5.91 Å². The number of thiazole rings is 1. The van der Waals surface area contributed by atoms with E-state index in [1.165, 1.54) is 0 Å². The molecule has 0 spiro atoms. The third kappa shape index (κ3) is 3.14. The predicted octanol–water partition coefficient (Wildman–Crippen LogP) is 1.62. The SMILES string of the molecule is Cc1nc(CNC(=O)c2cn(C)nc2C2CCOC2)cs1. The van der Waals surface area contributed by atoms with E-state index in [2.05, 4.69) is 15.4 Å². The highest BCUT2D eigenvalue weighted by Gasteiger charge is 2.26. The second-order valence-corrected chi connectivity index (χ2v) is 6.26. The summed E-state index contributed by atoms with van der Waals surface area (Å²) in [6.07, 6.45) is 2.69. The zero-order chi connectivity index (χ0) is 14.8. The molecule has 112 valence electrons. The van der Waals surface area contributed by atoms with Crippen LogP contribution >= 0.6 is 11.3 Å². The van der Waals surface area contributed by atoms with Crippen molar-refractivity contribution in [3.63, 3.8) is 0 Å². The van der Waals surface area contributed by atoms with Crippen LogP contribution in [0, 0.1) is 6.92 Å². The molecule has 3 rings (SSSR count). The largest absolute Gasteiger partial charge is 0.381 e. The summed E-state index contributed by atoms with van der Waals surface area (Å²) in [6, 6.07) is 0. The van der Waals surface area contributed by atoms with Gasteiger partial charge in [-0.25, -0.2) is 4.98 Å². The molecular weight excluding hydrogens is 288 g/mol. The first-order valence-corrected chi connectivity index (χ1v) is 7.82. The van der Waals surface area contributed by atoms with Gasteiger partial charge < -0.3 is 10.1 Å². The molecule has 1 aliphatic rings. The van der Waals surface area contributed by atoms with Gasteiger partial charge in [0.1, 0.15) is 0 Å². The number of amides is 1. The molecular formula is C14H18N4O2S. The minimum absolute atomic E-state index is 0.101. The molecule has 6 nitrogen and oxygen atoms in total. The van der Waals surface area contributed by atoms with Crippen LogP contribution in [0.15, 0.2) is 11.6 Å². The second kappa shape index (κ2) is 5.95. The van der Waals surface area contributed by atoms with Gasteiger partial charge in [-0.2, -0.15) is 5.10 Å². The first kappa shape index (κ1) is 14.2. The lowest BCUT2D eigenvalue weighted by atomic mass is 10.0. The quantitative estimate of drug-likeness (QED) is 0.932. The maximum atomic E-state index is 12.4. The molecule has 0 aliphatic carbocycles. The molecule has 0 bridgehead atoms. The van der Waals surface area contributed by atoms with E-state index in [9.17, 15) is 4.79 Å². The van der Waals surface area contributed by atoms with E-state index in [1.54, 1.807) is 22.2 Å². The lowest BCUT2D eigenvalue weighted by Crippen LogP contribution is -2.24. The molecule has 1 saturated heterocycles. The van der Waals surface area contributed by atoms with E-state index in [0.29, 0.717) is 18.7 Å². The van der Waals surface area contributed by atoms with Crippen LogP contribution in [0.1, 0.15) is 39.1 Å². The maximum absolute atomic E-state index is 12.4. The van der Waals surface area contributed by atoms with Crippen molar-refractivity contribution in [3.8, 4) is 0 Å². The number of nitrogens with one attached hydrogen (secondary N) is 1. The van der Waals surface area contributed by atoms with Crippen molar-refractivity contribution in [2.75, 3.05) is 13.2 Å². The Labute approximate surface area is 127 Å². The van der Waals surface area contributed by atoms with Gasteiger partial charge in [0.2, 0.25) is 0 Å². The van der Waals surface area contributed by atoms with Crippen LogP contribution in [-0.4, -0.2) is 33.9 Å². The van der Waals surface area contributed by atoms with Crippen molar-refractivity contribution >= 4 is 17.2 Å². The Balaban J connectivity index is 1.71. The Bertz CT molecular complexity index is 643. The van der Waals surface area contributed by atoms with E-state index < -0.39 is 0 Å². The average Bonchev–Trinajstić information content (AvgIpc) is 3.16.